The van der Waals surface area contributed by atoms with Gasteiger partial charge in [-0.3, -0.25) is 14.5 Å². The Hall–Kier alpha value is -0.860. The maximum atomic E-state index is 11.4. The molecular formula is C12H23NO2. The van der Waals surface area contributed by atoms with Gasteiger partial charge in [0, 0.05) is 20.4 Å². The molecule has 0 unspecified atom stereocenters. The Morgan fingerprint density at radius 1 is 1.00 bits per heavy atom. The highest BCUT2D eigenvalue weighted by Gasteiger charge is 2.11. The molecule has 88 valence electrons. The number of unbranched alkanes of at least 4 members (excludes halogenated alkanes) is 5. The first-order valence-corrected chi connectivity index (χ1v) is 5.86. The van der Waals surface area contributed by atoms with Crippen LogP contribution in [0.3, 0.4) is 0 Å². The van der Waals surface area contributed by atoms with Crippen LogP contribution >= 0.6 is 0 Å². The van der Waals surface area contributed by atoms with E-state index in [4.69, 9.17) is 0 Å². The Kier molecular flexibility index (Phi) is 7.96. The number of nitrogens with zero attached hydrogens (tertiary/aromatic N) is 1. The van der Waals surface area contributed by atoms with E-state index in [0.29, 0.717) is 6.42 Å². The summed E-state index contributed by atoms with van der Waals surface area (Å²) in [5, 5.41) is 0. The third kappa shape index (κ3) is 7.11. The fraction of sp³-hybridized carbons (Fsp3) is 0.833. The number of imide groups is 1. The van der Waals surface area contributed by atoms with E-state index in [-0.39, 0.29) is 11.8 Å². The van der Waals surface area contributed by atoms with E-state index in [2.05, 4.69) is 6.92 Å². The van der Waals surface area contributed by atoms with Gasteiger partial charge in [0.2, 0.25) is 11.8 Å². The van der Waals surface area contributed by atoms with Crippen LogP contribution in [0.25, 0.3) is 0 Å². The number of carbonyl (C=O) groups is 2. The summed E-state index contributed by atoms with van der Waals surface area (Å²) in [5.74, 6) is -0.232. The van der Waals surface area contributed by atoms with Crippen LogP contribution in [0.2, 0.25) is 0 Å². The van der Waals surface area contributed by atoms with Gasteiger partial charge in [-0.15, -0.1) is 0 Å². The first-order chi connectivity index (χ1) is 7.09. The average Bonchev–Trinajstić information content (AvgIpc) is 2.21. The Morgan fingerprint density at radius 3 is 2.07 bits per heavy atom. The lowest BCUT2D eigenvalue weighted by Gasteiger charge is -2.12. The highest BCUT2D eigenvalue weighted by Crippen LogP contribution is 2.07. The van der Waals surface area contributed by atoms with Crippen LogP contribution in [0.15, 0.2) is 0 Å². The smallest absolute Gasteiger partial charge is 0.228 e. The van der Waals surface area contributed by atoms with Crippen LogP contribution in [-0.4, -0.2) is 23.8 Å². The lowest BCUT2D eigenvalue weighted by molar-refractivity contribution is -0.141. The molecule has 0 saturated heterocycles. The van der Waals surface area contributed by atoms with Crippen LogP contribution in [0.4, 0.5) is 0 Å². The van der Waals surface area contributed by atoms with Gasteiger partial charge >= 0.3 is 0 Å². The minimum absolute atomic E-state index is 0.0574. The second kappa shape index (κ2) is 8.45. The molecule has 0 heterocycles. The molecule has 0 spiro atoms. The van der Waals surface area contributed by atoms with Gasteiger partial charge in [0.1, 0.15) is 0 Å². The van der Waals surface area contributed by atoms with Gasteiger partial charge in [0.25, 0.3) is 0 Å². The summed E-state index contributed by atoms with van der Waals surface area (Å²) in [6, 6.07) is 0. The van der Waals surface area contributed by atoms with E-state index in [0.717, 1.165) is 12.8 Å². The molecule has 0 N–H and O–H groups in total. The van der Waals surface area contributed by atoms with Crippen molar-refractivity contribution in [3.05, 3.63) is 0 Å². The summed E-state index contributed by atoms with van der Waals surface area (Å²) in [6.07, 6.45) is 7.48. The number of hydrogen-bond acceptors (Lipinski definition) is 2. The highest BCUT2D eigenvalue weighted by atomic mass is 16.2. The standard InChI is InChI=1S/C12H23NO2/c1-4-5-6-7-8-9-10-12(15)13(3)11(2)14/h4-10H2,1-3H3. The van der Waals surface area contributed by atoms with Gasteiger partial charge in [-0.25, -0.2) is 0 Å². The lowest BCUT2D eigenvalue weighted by atomic mass is 10.1. The van der Waals surface area contributed by atoms with Crippen molar-refractivity contribution < 1.29 is 9.59 Å². The molecule has 2 amide bonds. The number of rotatable bonds is 7. The van der Waals surface area contributed by atoms with E-state index >= 15 is 0 Å². The van der Waals surface area contributed by atoms with Crippen molar-refractivity contribution >= 4 is 11.8 Å². The number of amides is 2. The Bertz CT molecular complexity index is 202. The largest absolute Gasteiger partial charge is 0.286 e. The molecule has 0 bridgehead atoms. The summed E-state index contributed by atoms with van der Waals surface area (Å²) in [4.78, 5) is 23.4. The van der Waals surface area contributed by atoms with Gasteiger partial charge < -0.3 is 0 Å². The van der Waals surface area contributed by atoms with Crippen molar-refractivity contribution in [1.29, 1.82) is 0 Å². The summed E-state index contributed by atoms with van der Waals surface area (Å²) in [5.41, 5.74) is 0. The maximum absolute atomic E-state index is 11.4. The van der Waals surface area contributed by atoms with Gasteiger partial charge in [0.05, 0.1) is 0 Å². The molecule has 0 aliphatic rings. The Morgan fingerprint density at radius 2 is 1.53 bits per heavy atom. The molecule has 0 aliphatic heterocycles. The molecule has 0 aromatic carbocycles. The Balaban J connectivity index is 3.43. The van der Waals surface area contributed by atoms with E-state index in [1.807, 2.05) is 0 Å². The van der Waals surface area contributed by atoms with Crippen molar-refractivity contribution in [3.63, 3.8) is 0 Å². The van der Waals surface area contributed by atoms with Crippen LogP contribution in [0.1, 0.15) is 58.8 Å². The monoisotopic (exact) mass is 213 g/mol. The quantitative estimate of drug-likeness (QED) is 0.610. The van der Waals surface area contributed by atoms with E-state index in [1.165, 1.54) is 37.5 Å². The molecule has 0 saturated carbocycles. The number of hydrogen-bond donors (Lipinski definition) is 0. The second-order valence-electron chi connectivity index (χ2n) is 3.99. The zero-order valence-corrected chi connectivity index (χ0v) is 10.2. The summed E-state index contributed by atoms with van der Waals surface area (Å²) < 4.78 is 0. The zero-order chi connectivity index (χ0) is 11.7. The molecule has 0 fully saturated rings. The van der Waals surface area contributed by atoms with Crippen molar-refractivity contribution in [2.75, 3.05) is 7.05 Å². The molecule has 0 rings (SSSR count). The molecule has 0 radical (unpaired) electrons. The predicted molar refractivity (Wildman–Crippen MR) is 61.4 cm³/mol. The van der Waals surface area contributed by atoms with Crippen molar-refractivity contribution in [2.24, 2.45) is 0 Å². The fourth-order valence-electron chi connectivity index (χ4n) is 1.40. The molecule has 0 aromatic heterocycles. The third-order valence-corrected chi connectivity index (χ3v) is 2.59. The lowest BCUT2D eigenvalue weighted by Crippen LogP contribution is -2.30. The molecule has 0 aliphatic carbocycles. The molecular weight excluding hydrogens is 190 g/mol. The van der Waals surface area contributed by atoms with Gasteiger partial charge in [-0.1, -0.05) is 39.0 Å². The number of carbonyl (C=O) groups excluding carboxylic acids is 2. The second-order valence-corrected chi connectivity index (χ2v) is 3.99. The van der Waals surface area contributed by atoms with Crippen LogP contribution in [0, 0.1) is 0 Å². The fourth-order valence-corrected chi connectivity index (χ4v) is 1.40. The van der Waals surface area contributed by atoms with Gasteiger partial charge in [0.15, 0.2) is 0 Å². The SMILES string of the molecule is CCCCCCCCC(=O)N(C)C(C)=O. The van der Waals surface area contributed by atoms with Crippen LogP contribution < -0.4 is 0 Å². The van der Waals surface area contributed by atoms with Gasteiger partial charge in [-0.05, 0) is 6.42 Å². The summed E-state index contributed by atoms with van der Waals surface area (Å²) >= 11 is 0. The third-order valence-electron chi connectivity index (χ3n) is 2.59. The van der Waals surface area contributed by atoms with E-state index in [1.54, 1.807) is 7.05 Å². The predicted octanol–water partition coefficient (Wildman–Crippen LogP) is 2.74. The van der Waals surface area contributed by atoms with E-state index < -0.39 is 0 Å². The Labute approximate surface area is 92.8 Å². The topological polar surface area (TPSA) is 37.4 Å². The molecule has 0 atom stereocenters. The van der Waals surface area contributed by atoms with Crippen molar-refractivity contribution in [1.82, 2.24) is 4.90 Å². The summed E-state index contributed by atoms with van der Waals surface area (Å²) in [6.45, 7) is 3.60. The average molecular weight is 213 g/mol. The molecule has 0 aromatic rings. The van der Waals surface area contributed by atoms with Crippen molar-refractivity contribution in [3.8, 4) is 0 Å². The minimum Gasteiger partial charge on any atom is -0.286 e. The minimum atomic E-state index is -0.175. The zero-order valence-electron chi connectivity index (χ0n) is 10.2. The molecule has 3 nitrogen and oxygen atoms in total. The maximum Gasteiger partial charge on any atom is 0.228 e. The van der Waals surface area contributed by atoms with E-state index in [9.17, 15) is 9.59 Å². The highest BCUT2D eigenvalue weighted by molar-refractivity contribution is 5.93. The normalized spacial score (nSPS) is 10.1. The van der Waals surface area contributed by atoms with Crippen molar-refractivity contribution in [2.45, 2.75) is 58.8 Å². The van der Waals surface area contributed by atoms with Gasteiger partial charge in [-0.2, -0.15) is 0 Å². The molecule has 3 heteroatoms. The first kappa shape index (κ1) is 14.1. The molecule has 15 heavy (non-hydrogen) atoms. The van der Waals surface area contributed by atoms with Crippen LogP contribution in [0.5, 0.6) is 0 Å². The van der Waals surface area contributed by atoms with Crippen LogP contribution in [-0.2, 0) is 9.59 Å². The first-order valence-electron chi connectivity index (χ1n) is 5.86. The summed E-state index contributed by atoms with van der Waals surface area (Å²) in [7, 11) is 1.54.